The minimum Gasteiger partial charge on any atom is -0.462 e. The first-order valence-corrected chi connectivity index (χ1v) is 8.47. The maximum absolute atomic E-state index is 12.2. The second kappa shape index (κ2) is 10.9. The third-order valence-corrected chi connectivity index (χ3v) is 3.73. The Bertz CT molecular complexity index is 674. The summed E-state index contributed by atoms with van der Waals surface area (Å²) in [5.41, 5.74) is 1.22. The predicted molar refractivity (Wildman–Crippen MR) is 97.7 cm³/mol. The van der Waals surface area contributed by atoms with Crippen LogP contribution in [-0.2, 0) is 30.3 Å². The van der Waals surface area contributed by atoms with Crippen molar-refractivity contribution in [3.8, 4) is 0 Å². The number of methoxy groups -OCH3 is 1. The average Bonchev–Trinajstić information content (AvgIpc) is 2.65. The summed E-state index contributed by atoms with van der Waals surface area (Å²) in [7, 11) is 1.11. The van der Waals surface area contributed by atoms with Gasteiger partial charge in [-0.2, -0.15) is 0 Å². The number of anilines is 1. The highest BCUT2D eigenvalue weighted by atomic mass is 16.5. The third-order valence-electron chi connectivity index (χ3n) is 3.73. The predicted octanol–water partition coefficient (Wildman–Crippen LogP) is -0.268. The van der Waals surface area contributed by atoms with E-state index >= 15 is 0 Å². The van der Waals surface area contributed by atoms with E-state index in [1.807, 2.05) is 0 Å². The van der Waals surface area contributed by atoms with Crippen molar-refractivity contribution in [2.45, 2.75) is 38.8 Å². The minimum absolute atomic E-state index is 0.275. The van der Waals surface area contributed by atoms with Crippen LogP contribution in [0.2, 0.25) is 0 Å². The number of hydrogen-bond acceptors (Lipinski definition) is 6. The largest absolute Gasteiger partial charge is 0.462 e. The molecule has 0 spiro atoms. The van der Waals surface area contributed by atoms with Gasteiger partial charge in [0.1, 0.15) is 6.04 Å². The van der Waals surface area contributed by atoms with Crippen LogP contribution in [-0.4, -0.2) is 54.6 Å². The van der Waals surface area contributed by atoms with Gasteiger partial charge in [0.05, 0.1) is 19.8 Å². The molecule has 0 aromatic heterocycles. The van der Waals surface area contributed by atoms with E-state index in [9.17, 15) is 24.3 Å². The van der Waals surface area contributed by atoms with Crippen molar-refractivity contribution in [3.05, 3.63) is 29.8 Å². The molecule has 9 heteroatoms. The number of rotatable bonds is 8. The molecule has 0 unspecified atom stereocenters. The van der Waals surface area contributed by atoms with E-state index in [4.69, 9.17) is 0 Å². The molecule has 3 amide bonds. The number of aliphatic hydroxyl groups is 1. The summed E-state index contributed by atoms with van der Waals surface area (Å²) in [4.78, 5) is 45.9. The summed E-state index contributed by atoms with van der Waals surface area (Å²) in [6.45, 7) is 2.83. The zero-order chi connectivity index (χ0) is 20.4. The van der Waals surface area contributed by atoms with Crippen LogP contribution in [0.25, 0.3) is 0 Å². The van der Waals surface area contributed by atoms with Crippen molar-refractivity contribution in [3.63, 3.8) is 0 Å². The first kappa shape index (κ1) is 22.1. The summed E-state index contributed by atoms with van der Waals surface area (Å²) >= 11 is 0. The lowest BCUT2D eigenvalue weighted by Gasteiger charge is -2.21. The molecular formula is C18H25N3O6. The van der Waals surface area contributed by atoms with Gasteiger partial charge in [0, 0.05) is 12.6 Å². The van der Waals surface area contributed by atoms with Gasteiger partial charge >= 0.3 is 11.9 Å². The van der Waals surface area contributed by atoms with E-state index in [1.165, 1.54) is 6.92 Å². The van der Waals surface area contributed by atoms with Gasteiger partial charge in [0.2, 0.25) is 11.8 Å². The number of nitrogens with one attached hydrogen (secondary N) is 3. The molecule has 0 aliphatic rings. The van der Waals surface area contributed by atoms with Crippen molar-refractivity contribution in [1.82, 2.24) is 10.6 Å². The average molecular weight is 379 g/mol. The Hall–Kier alpha value is -2.94. The Morgan fingerprint density at radius 1 is 1.11 bits per heavy atom. The number of amides is 3. The van der Waals surface area contributed by atoms with Gasteiger partial charge in [-0.05, 0) is 30.5 Å². The zero-order valence-electron chi connectivity index (χ0n) is 15.6. The summed E-state index contributed by atoms with van der Waals surface area (Å²) in [5, 5.41) is 17.2. The molecule has 0 heterocycles. The lowest BCUT2D eigenvalue weighted by molar-refractivity contribution is -0.150. The topological polar surface area (TPSA) is 134 Å². The number of ether oxygens (including phenoxy) is 1. The van der Waals surface area contributed by atoms with E-state index in [0.29, 0.717) is 18.5 Å². The van der Waals surface area contributed by atoms with E-state index in [2.05, 4.69) is 20.7 Å². The number of esters is 1. The Morgan fingerprint density at radius 3 is 2.22 bits per heavy atom. The van der Waals surface area contributed by atoms with Crippen LogP contribution in [0.15, 0.2) is 24.3 Å². The molecule has 0 saturated carbocycles. The van der Waals surface area contributed by atoms with Crippen molar-refractivity contribution < 1.29 is 29.0 Å². The molecule has 0 fully saturated rings. The fourth-order valence-corrected chi connectivity index (χ4v) is 2.34. The lowest BCUT2D eigenvalue weighted by atomic mass is 10.1. The molecule has 0 radical (unpaired) electrons. The minimum atomic E-state index is -0.994. The molecule has 9 nitrogen and oxygen atoms in total. The summed E-state index contributed by atoms with van der Waals surface area (Å²) < 4.78 is 4.32. The molecule has 148 valence electrons. The van der Waals surface area contributed by atoms with E-state index in [0.717, 1.165) is 12.7 Å². The number of carbonyl (C=O) groups is 4. The van der Waals surface area contributed by atoms with Crippen LogP contribution < -0.4 is 16.0 Å². The van der Waals surface area contributed by atoms with Crippen LogP contribution in [0.5, 0.6) is 0 Å². The van der Waals surface area contributed by atoms with Gasteiger partial charge in [-0.25, -0.2) is 4.79 Å². The zero-order valence-corrected chi connectivity index (χ0v) is 15.6. The van der Waals surface area contributed by atoms with Crippen LogP contribution >= 0.6 is 0 Å². The molecule has 0 bridgehead atoms. The van der Waals surface area contributed by atoms with Crippen molar-refractivity contribution >= 4 is 29.4 Å². The highest BCUT2D eigenvalue weighted by Gasteiger charge is 2.20. The molecule has 4 N–H and O–H groups in total. The quantitative estimate of drug-likeness (QED) is 0.363. The second-order valence-corrected chi connectivity index (χ2v) is 5.90. The highest BCUT2D eigenvalue weighted by molar-refractivity contribution is 6.37. The highest BCUT2D eigenvalue weighted by Crippen LogP contribution is 2.11. The van der Waals surface area contributed by atoms with Crippen molar-refractivity contribution in [2.24, 2.45) is 0 Å². The second-order valence-electron chi connectivity index (χ2n) is 5.90. The van der Waals surface area contributed by atoms with Gasteiger partial charge in [-0.15, -0.1) is 0 Å². The molecular weight excluding hydrogens is 354 g/mol. The Labute approximate surface area is 157 Å². The molecule has 1 aromatic rings. The van der Waals surface area contributed by atoms with E-state index in [-0.39, 0.29) is 18.4 Å². The van der Waals surface area contributed by atoms with Gasteiger partial charge < -0.3 is 25.8 Å². The van der Waals surface area contributed by atoms with Crippen molar-refractivity contribution in [1.29, 1.82) is 0 Å². The maximum atomic E-state index is 12.2. The molecule has 27 heavy (non-hydrogen) atoms. The summed E-state index contributed by atoms with van der Waals surface area (Å²) in [5.74, 6) is -2.54. The first-order valence-electron chi connectivity index (χ1n) is 8.47. The fourth-order valence-electron chi connectivity index (χ4n) is 2.34. The summed E-state index contributed by atoms with van der Waals surface area (Å²) in [6.07, 6.45) is 0.780. The number of benzene rings is 1. The molecule has 1 rings (SSSR count). The van der Waals surface area contributed by atoms with Gasteiger partial charge in [-0.1, -0.05) is 19.1 Å². The smallest absolute Gasteiger partial charge is 0.396 e. The first-order chi connectivity index (χ1) is 12.8. The van der Waals surface area contributed by atoms with Crippen LogP contribution in [0.4, 0.5) is 5.69 Å². The molecule has 2 atom stereocenters. The molecule has 0 aliphatic carbocycles. The Kier molecular flexibility index (Phi) is 8.94. The molecule has 0 saturated heterocycles. The number of carbonyl (C=O) groups excluding carboxylic acids is 4. The SMILES string of the molecule is CC[C@H](NC(C)=O)C(=O)N[C@H](CO)Cc1ccc(NC(=O)C(=O)OC)cc1. The maximum Gasteiger partial charge on any atom is 0.396 e. The van der Waals surface area contributed by atoms with E-state index in [1.54, 1.807) is 31.2 Å². The Morgan fingerprint density at radius 2 is 1.74 bits per heavy atom. The normalized spacial score (nSPS) is 12.4. The molecule has 1 aromatic carbocycles. The third kappa shape index (κ3) is 7.45. The van der Waals surface area contributed by atoms with Crippen molar-refractivity contribution in [2.75, 3.05) is 19.0 Å². The van der Waals surface area contributed by atoms with Crippen LogP contribution in [0.3, 0.4) is 0 Å². The number of hydrogen-bond donors (Lipinski definition) is 4. The monoisotopic (exact) mass is 379 g/mol. The number of aliphatic hydroxyl groups excluding tert-OH is 1. The summed E-state index contributed by atoms with van der Waals surface area (Å²) in [6, 6.07) is 5.40. The van der Waals surface area contributed by atoms with Gasteiger partial charge in [0.25, 0.3) is 0 Å². The Balaban J connectivity index is 2.66. The van der Waals surface area contributed by atoms with Gasteiger partial charge in [-0.3, -0.25) is 14.4 Å². The van der Waals surface area contributed by atoms with Crippen LogP contribution in [0, 0.1) is 0 Å². The fraction of sp³-hybridized carbons (Fsp3) is 0.444. The lowest BCUT2D eigenvalue weighted by Crippen LogP contribution is -2.50. The van der Waals surface area contributed by atoms with E-state index < -0.39 is 24.0 Å². The van der Waals surface area contributed by atoms with Crippen LogP contribution in [0.1, 0.15) is 25.8 Å². The standard InChI is InChI=1S/C18H25N3O6/c1-4-15(19-11(2)23)16(24)21-14(10-22)9-12-5-7-13(8-6-12)20-17(25)18(26)27-3/h5-8,14-15,22H,4,9-10H2,1-3H3,(H,19,23)(H,20,25)(H,21,24)/t14-,15-/m0/s1. The molecule has 0 aliphatic heterocycles. The van der Waals surface area contributed by atoms with Gasteiger partial charge in [0.15, 0.2) is 0 Å².